The quantitative estimate of drug-likeness (QED) is 0.909. The Morgan fingerprint density at radius 1 is 1.24 bits per heavy atom. The molecule has 1 aliphatic rings. The molecule has 1 aliphatic heterocycles. The largest absolute Gasteiger partial charge is 0.454 e. The second kappa shape index (κ2) is 5.10. The minimum Gasteiger partial charge on any atom is -0.454 e. The molecular formula is C14H12N2O4S. The SMILES string of the molecule is Cc1cc(C(N)=O)c(NC(=O)c2ccc3c(c2)OCO3)s1. The van der Waals surface area contributed by atoms with Crippen molar-refractivity contribution in [2.75, 3.05) is 12.1 Å². The fraction of sp³-hybridized carbons (Fsp3) is 0.143. The van der Waals surface area contributed by atoms with Gasteiger partial charge < -0.3 is 20.5 Å². The summed E-state index contributed by atoms with van der Waals surface area (Å²) in [5, 5.41) is 3.15. The minimum absolute atomic E-state index is 0.149. The zero-order valence-electron chi connectivity index (χ0n) is 11.1. The van der Waals surface area contributed by atoms with E-state index in [1.54, 1.807) is 24.3 Å². The molecule has 0 unspecified atom stereocenters. The maximum atomic E-state index is 12.2. The highest BCUT2D eigenvalue weighted by atomic mass is 32.1. The van der Waals surface area contributed by atoms with Gasteiger partial charge in [-0.15, -0.1) is 11.3 Å². The van der Waals surface area contributed by atoms with Gasteiger partial charge in [0.1, 0.15) is 5.00 Å². The Labute approximate surface area is 124 Å². The van der Waals surface area contributed by atoms with Crippen LogP contribution in [0.1, 0.15) is 25.6 Å². The molecule has 21 heavy (non-hydrogen) atoms. The number of anilines is 1. The number of primary amides is 1. The van der Waals surface area contributed by atoms with Gasteiger partial charge >= 0.3 is 0 Å². The molecule has 1 aromatic carbocycles. The van der Waals surface area contributed by atoms with Crippen molar-refractivity contribution in [3.8, 4) is 11.5 Å². The van der Waals surface area contributed by atoms with Crippen LogP contribution in [0.5, 0.6) is 11.5 Å². The van der Waals surface area contributed by atoms with E-state index in [9.17, 15) is 9.59 Å². The first-order valence-electron chi connectivity index (χ1n) is 6.16. The van der Waals surface area contributed by atoms with Gasteiger partial charge in [0.25, 0.3) is 11.8 Å². The molecule has 0 atom stereocenters. The van der Waals surface area contributed by atoms with E-state index in [1.807, 2.05) is 6.92 Å². The summed E-state index contributed by atoms with van der Waals surface area (Å²) in [7, 11) is 0. The van der Waals surface area contributed by atoms with Crippen LogP contribution in [-0.2, 0) is 0 Å². The van der Waals surface area contributed by atoms with Crippen LogP contribution in [0.3, 0.4) is 0 Å². The average molecular weight is 304 g/mol. The monoisotopic (exact) mass is 304 g/mol. The van der Waals surface area contributed by atoms with Gasteiger partial charge in [-0.2, -0.15) is 0 Å². The molecule has 0 saturated carbocycles. The van der Waals surface area contributed by atoms with Crippen LogP contribution >= 0.6 is 11.3 Å². The second-order valence-corrected chi connectivity index (χ2v) is 5.74. The maximum absolute atomic E-state index is 12.2. The third-order valence-electron chi connectivity index (χ3n) is 2.98. The number of rotatable bonds is 3. The molecule has 0 saturated heterocycles. The summed E-state index contributed by atoms with van der Waals surface area (Å²) < 4.78 is 10.4. The fourth-order valence-corrected chi connectivity index (χ4v) is 2.92. The number of hydrogen-bond donors (Lipinski definition) is 2. The Hall–Kier alpha value is -2.54. The van der Waals surface area contributed by atoms with Crippen molar-refractivity contribution in [1.82, 2.24) is 0 Å². The first kappa shape index (κ1) is 13.4. The molecule has 6 nitrogen and oxygen atoms in total. The van der Waals surface area contributed by atoms with Crippen LogP contribution in [0, 0.1) is 6.92 Å². The van der Waals surface area contributed by atoms with Crippen molar-refractivity contribution in [3.63, 3.8) is 0 Å². The number of carbonyl (C=O) groups excluding carboxylic acids is 2. The van der Waals surface area contributed by atoms with Crippen LogP contribution in [0.2, 0.25) is 0 Å². The fourth-order valence-electron chi connectivity index (χ4n) is 2.00. The maximum Gasteiger partial charge on any atom is 0.256 e. The number of amides is 2. The van der Waals surface area contributed by atoms with E-state index >= 15 is 0 Å². The molecule has 0 fully saturated rings. The van der Waals surface area contributed by atoms with E-state index in [0.717, 1.165) is 4.88 Å². The van der Waals surface area contributed by atoms with Gasteiger partial charge in [0.2, 0.25) is 6.79 Å². The summed E-state index contributed by atoms with van der Waals surface area (Å²) in [5.74, 6) is 0.231. The van der Waals surface area contributed by atoms with Crippen LogP contribution in [0.25, 0.3) is 0 Å². The van der Waals surface area contributed by atoms with Crippen LogP contribution in [0.15, 0.2) is 24.3 Å². The van der Waals surface area contributed by atoms with Crippen LogP contribution in [-0.4, -0.2) is 18.6 Å². The topological polar surface area (TPSA) is 90.7 Å². The van der Waals surface area contributed by atoms with E-state index < -0.39 is 5.91 Å². The molecule has 0 spiro atoms. The van der Waals surface area contributed by atoms with Gasteiger partial charge in [0, 0.05) is 10.4 Å². The minimum atomic E-state index is -0.569. The molecular weight excluding hydrogens is 292 g/mol. The van der Waals surface area contributed by atoms with Crippen LogP contribution < -0.4 is 20.5 Å². The zero-order valence-corrected chi connectivity index (χ0v) is 12.0. The van der Waals surface area contributed by atoms with Crippen molar-refractivity contribution in [3.05, 3.63) is 40.3 Å². The Bertz CT molecular complexity index is 739. The number of nitrogens with one attached hydrogen (secondary N) is 1. The zero-order chi connectivity index (χ0) is 15.0. The summed E-state index contributed by atoms with van der Waals surface area (Å²) >= 11 is 1.30. The Morgan fingerprint density at radius 2 is 2.00 bits per heavy atom. The molecule has 1 aromatic heterocycles. The van der Waals surface area contributed by atoms with Gasteiger partial charge in [0.15, 0.2) is 11.5 Å². The third kappa shape index (κ3) is 2.55. The van der Waals surface area contributed by atoms with Crippen molar-refractivity contribution in [2.24, 2.45) is 5.73 Å². The molecule has 2 amide bonds. The van der Waals surface area contributed by atoms with Gasteiger partial charge in [0.05, 0.1) is 5.56 Å². The van der Waals surface area contributed by atoms with Gasteiger partial charge in [-0.25, -0.2) is 0 Å². The van der Waals surface area contributed by atoms with Gasteiger partial charge in [-0.1, -0.05) is 0 Å². The predicted molar refractivity (Wildman–Crippen MR) is 78.1 cm³/mol. The van der Waals surface area contributed by atoms with Crippen molar-refractivity contribution < 1.29 is 19.1 Å². The Morgan fingerprint density at radius 3 is 2.76 bits per heavy atom. The molecule has 0 bridgehead atoms. The molecule has 0 aliphatic carbocycles. The van der Waals surface area contributed by atoms with E-state index in [0.29, 0.717) is 27.6 Å². The third-order valence-corrected chi connectivity index (χ3v) is 3.95. The first-order valence-corrected chi connectivity index (χ1v) is 6.97. The number of aryl methyl sites for hydroxylation is 1. The van der Waals surface area contributed by atoms with E-state index in [4.69, 9.17) is 15.2 Å². The Balaban J connectivity index is 1.85. The smallest absolute Gasteiger partial charge is 0.256 e. The highest BCUT2D eigenvalue weighted by Gasteiger charge is 2.19. The van der Waals surface area contributed by atoms with Gasteiger partial charge in [-0.05, 0) is 31.2 Å². The number of carbonyl (C=O) groups is 2. The lowest BCUT2D eigenvalue weighted by molar-refractivity contribution is 0.100. The van der Waals surface area contributed by atoms with E-state index in [1.165, 1.54) is 11.3 Å². The predicted octanol–water partition coefficient (Wildman–Crippen LogP) is 2.14. The summed E-state index contributed by atoms with van der Waals surface area (Å²) in [6.07, 6.45) is 0. The first-order chi connectivity index (χ1) is 10.0. The average Bonchev–Trinajstić information content (AvgIpc) is 3.04. The molecule has 3 N–H and O–H groups in total. The van der Waals surface area contributed by atoms with Crippen LogP contribution in [0.4, 0.5) is 5.00 Å². The van der Waals surface area contributed by atoms with Crippen molar-refractivity contribution in [2.45, 2.75) is 6.92 Å². The lowest BCUT2D eigenvalue weighted by Crippen LogP contribution is -2.16. The molecule has 2 aromatic rings. The number of fused-ring (bicyclic) bond motifs is 1. The second-order valence-electron chi connectivity index (χ2n) is 4.49. The lowest BCUT2D eigenvalue weighted by atomic mass is 10.2. The van der Waals surface area contributed by atoms with Crippen molar-refractivity contribution in [1.29, 1.82) is 0 Å². The molecule has 3 rings (SSSR count). The summed E-state index contributed by atoms with van der Waals surface area (Å²) in [5.41, 5.74) is 6.02. The van der Waals surface area contributed by atoms with Gasteiger partial charge in [-0.3, -0.25) is 9.59 Å². The Kier molecular flexibility index (Phi) is 3.26. The summed E-state index contributed by atoms with van der Waals surface area (Å²) in [6, 6.07) is 6.56. The summed E-state index contributed by atoms with van der Waals surface area (Å²) in [4.78, 5) is 24.5. The van der Waals surface area contributed by atoms with E-state index in [-0.39, 0.29) is 12.7 Å². The number of ether oxygens (including phenoxy) is 2. The molecule has 7 heteroatoms. The number of nitrogens with two attached hydrogens (primary N) is 1. The molecule has 0 radical (unpaired) electrons. The molecule has 108 valence electrons. The standard InChI is InChI=1S/C14H12N2O4S/c1-7-4-9(12(15)17)14(21-7)16-13(18)8-2-3-10-11(5-8)20-6-19-10/h2-5H,6H2,1H3,(H2,15,17)(H,16,18). The molecule has 2 heterocycles. The number of benzene rings is 1. The number of hydrogen-bond acceptors (Lipinski definition) is 5. The van der Waals surface area contributed by atoms with E-state index in [2.05, 4.69) is 5.32 Å². The lowest BCUT2D eigenvalue weighted by Gasteiger charge is -2.05. The highest BCUT2D eigenvalue weighted by Crippen LogP contribution is 2.33. The summed E-state index contributed by atoms with van der Waals surface area (Å²) in [6.45, 7) is 1.99. The van der Waals surface area contributed by atoms with Crippen molar-refractivity contribution >= 4 is 28.2 Å². The highest BCUT2D eigenvalue weighted by molar-refractivity contribution is 7.16. The normalized spacial score (nSPS) is 12.2. The number of thiophene rings is 1.